The third-order valence-electron chi connectivity index (χ3n) is 6.20. The molecular formula is C19H26N4S. The molecule has 3 aliphatic rings. The average molecular weight is 343 g/mol. The molecule has 0 radical (unpaired) electrons. The minimum absolute atomic E-state index is 0.569. The zero-order valence-electron chi connectivity index (χ0n) is 14.3. The average Bonchev–Trinajstić information content (AvgIpc) is 3.13. The summed E-state index contributed by atoms with van der Waals surface area (Å²) in [4.78, 5) is 5.44. The van der Waals surface area contributed by atoms with Crippen LogP contribution in [-0.4, -0.2) is 51.3 Å². The van der Waals surface area contributed by atoms with Gasteiger partial charge in [0.15, 0.2) is 0 Å². The number of benzene rings is 1. The molecule has 1 aromatic carbocycles. The lowest BCUT2D eigenvalue weighted by Crippen LogP contribution is -2.45. The first-order valence-electron chi connectivity index (χ1n) is 9.44. The van der Waals surface area contributed by atoms with Gasteiger partial charge in [0.25, 0.3) is 0 Å². The summed E-state index contributed by atoms with van der Waals surface area (Å²) in [5.74, 6) is 1.02. The van der Waals surface area contributed by atoms with Crippen molar-refractivity contribution in [2.45, 2.75) is 38.6 Å². The van der Waals surface area contributed by atoms with Crippen molar-refractivity contribution in [2.75, 3.05) is 32.7 Å². The molecule has 0 N–H and O–H groups in total. The molecule has 5 heteroatoms. The number of rotatable bonds is 4. The summed E-state index contributed by atoms with van der Waals surface area (Å²) < 4.78 is 8.69. The Labute approximate surface area is 148 Å². The number of likely N-dealkylation sites (tertiary alicyclic amines) is 2. The third kappa shape index (κ3) is 3.09. The van der Waals surface area contributed by atoms with E-state index in [1.54, 1.807) is 0 Å². The lowest BCUT2D eigenvalue weighted by atomic mass is 9.79. The van der Waals surface area contributed by atoms with Crippen LogP contribution in [0.2, 0.25) is 0 Å². The fourth-order valence-corrected chi connectivity index (χ4v) is 5.33. The maximum absolute atomic E-state index is 4.39. The van der Waals surface area contributed by atoms with Crippen LogP contribution in [0.5, 0.6) is 0 Å². The van der Waals surface area contributed by atoms with Gasteiger partial charge in [-0.15, -0.1) is 0 Å². The Morgan fingerprint density at radius 2 is 1.92 bits per heavy atom. The van der Waals surface area contributed by atoms with Crippen LogP contribution in [0.4, 0.5) is 0 Å². The van der Waals surface area contributed by atoms with Crippen molar-refractivity contribution in [1.29, 1.82) is 0 Å². The molecule has 2 aromatic rings. The van der Waals surface area contributed by atoms with Crippen LogP contribution in [0.1, 0.15) is 37.7 Å². The minimum atomic E-state index is 0.569. The second-order valence-electron chi connectivity index (χ2n) is 8.33. The van der Waals surface area contributed by atoms with Gasteiger partial charge in [0, 0.05) is 26.2 Å². The third-order valence-corrected chi connectivity index (χ3v) is 6.75. The van der Waals surface area contributed by atoms with Crippen molar-refractivity contribution in [2.24, 2.45) is 11.3 Å². The lowest BCUT2D eigenvalue weighted by Gasteiger charge is -2.40. The summed E-state index contributed by atoms with van der Waals surface area (Å²) in [7, 11) is 0. The van der Waals surface area contributed by atoms with Crippen molar-refractivity contribution in [1.82, 2.24) is 18.5 Å². The van der Waals surface area contributed by atoms with E-state index in [1.165, 1.54) is 82.1 Å². The van der Waals surface area contributed by atoms with Gasteiger partial charge in [-0.25, -0.2) is 0 Å². The van der Waals surface area contributed by atoms with Gasteiger partial charge < -0.3 is 4.90 Å². The van der Waals surface area contributed by atoms with Crippen molar-refractivity contribution in [3.63, 3.8) is 0 Å². The predicted octanol–water partition coefficient (Wildman–Crippen LogP) is 3.39. The Hall–Kier alpha value is -1.04. The molecule has 1 aromatic heterocycles. The molecule has 5 rings (SSSR count). The Kier molecular flexibility index (Phi) is 3.83. The molecule has 1 atom stereocenters. The Balaban J connectivity index is 1.24. The van der Waals surface area contributed by atoms with Gasteiger partial charge in [-0.3, -0.25) is 4.90 Å². The molecule has 1 spiro atoms. The van der Waals surface area contributed by atoms with E-state index >= 15 is 0 Å². The largest absolute Gasteiger partial charge is 0.302 e. The molecule has 2 saturated heterocycles. The van der Waals surface area contributed by atoms with Gasteiger partial charge in [-0.05, 0) is 74.2 Å². The Morgan fingerprint density at radius 1 is 1.04 bits per heavy atom. The van der Waals surface area contributed by atoms with Crippen LogP contribution in [-0.2, 0) is 6.54 Å². The smallest absolute Gasteiger partial charge is 0.105 e. The maximum Gasteiger partial charge on any atom is 0.105 e. The monoisotopic (exact) mass is 342 g/mol. The molecule has 1 saturated carbocycles. The van der Waals surface area contributed by atoms with Crippen LogP contribution in [0.3, 0.4) is 0 Å². The van der Waals surface area contributed by atoms with Crippen molar-refractivity contribution < 1.29 is 0 Å². The molecule has 3 fully saturated rings. The Morgan fingerprint density at radius 3 is 2.83 bits per heavy atom. The van der Waals surface area contributed by atoms with Crippen LogP contribution >= 0.6 is 11.7 Å². The number of piperidine rings is 1. The molecule has 4 nitrogen and oxygen atoms in total. The molecule has 2 aliphatic heterocycles. The number of nitrogens with zero attached hydrogens (tertiary/aromatic N) is 4. The van der Waals surface area contributed by atoms with Crippen molar-refractivity contribution in [3.05, 3.63) is 23.8 Å². The molecular weight excluding hydrogens is 316 g/mol. The number of hydrogen-bond donors (Lipinski definition) is 0. The normalized spacial score (nSPS) is 29.0. The molecule has 1 aliphatic carbocycles. The van der Waals surface area contributed by atoms with Gasteiger partial charge in [0.05, 0.1) is 11.7 Å². The van der Waals surface area contributed by atoms with Crippen LogP contribution in [0.25, 0.3) is 11.0 Å². The fraction of sp³-hybridized carbons (Fsp3) is 0.684. The SMILES string of the molecule is c1cc2nsnc2cc1CN1CCC2(CCCN(CC3CC3)C2)C1. The quantitative estimate of drug-likeness (QED) is 0.852. The zero-order valence-corrected chi connectivity index (χ0v) is 15.1. The first-order valence-corrected chi connectivity index (χ1v) is 10.2. The molecule has 24 heavy (non-hydrogen) atoms. The minimum Gasteiger partial charge on any atom is -0.302 e. The number of hydrogen-bond acceptors (Lipinski definition) is 5. The standard InChI is InChI=1S/C19H26N4S/c1-6-19(13-22(8-1)11-15-2-3-15)7-9-23(14-19)12-16-4-5-17-18(10-16)21-24-20-17/h4-5,10,15H,1-3,6-9,11-14H2. The summed E-state index contributed by atoms with van der Waals surface area (Å²) in [6.07, 6.45) is 7.17. The second-order valence-corrected chi connectivity index (χ2v) is 8.86. The van der Waals surface area contributed by atoms with Gasteiger partial charge in [-0.1, -0.05) is 6.07 Å². The van der Waals surface area contributed by atoms with E-state index in [0.717, 1.165) is 23.5 Å². The highest BCUT2D eigenvalue weighted by molar-refractivity contribution is 7.00. The first kappa shape index (κ1) is 15.2. The molecule has 3 heterocycles. The van der Waals surface area contributed by atoms with E-state index in [9.17, 15) is 0 Å². The van der Waals surface area contributed by atoms with E-state index in [4.69, 9.17) is 0 Å². The second kappa shape index (κ2) is 6.04. The summed E-state index contributed by atoms with van der Waals surface area (Å²) >= 11 is 1.31. The summed E-state index contributed by atoms with van der Waals surface area (Å²) in [6.45, 7) is 7.65. The van der Waals surface area contributed by atoms with Crippen molar-refractivity contribution in [3.8, 4) is 0 Å². The zero-order chi connectivity index (χ0) is 16.0. The van der Waals surface area contributed by atoms with Crippen LogP contribution < -0.4 is 0 Å². The Bertz CT molecular complexity index is 725. The summed E-state index contributed by atoms with van der Waals surface area (Å²) in [5.41, 5.74) is 4.04. The molecule has 0 bridgehead atoms. The maximum atomic E-state index is 4.39. The predicted molar refractivity (Wildman–Crippen MR) is 98.1 cm³/mol. The summed E-state index contributed by atoms with van der Waals surface area (Å²) in [5, 5.41) is 0. The number of fused-ring (bicyclic) bond motifs is 1. The van der Waals surface area contributed by atoms with Crippen LogP contribution in [0, 0.1) is 11.3 Å². The number of aromatic nitrogens is 2. The van der Waals surface area contributed by atoms with Gasteiger partial charge in [-0.2, -0.15) is 8.75 Å². The first-order chi connectivity index (χ1) is 11.8. The lowest BCUT2D eigenvalue weighted by molar-refractivity contribution is 0.0884. The van der Waals surface area contributed by atoms with E-state index in [0.29, 0.717) is 5.41 Å². The van der Waals surface area contributed by atoms with Gasteiger partial charge in [0.1, 0.15) is 11.0 Å². The fourth-order valence-electron chi connectivity index (χ4n) is 4.81. The highest BCUT2D eigenvalue weighted by Gasteiger charge is 2.41. The van der Waals surface area contributed by atoms with E-state index < -0.39 is 0 Å². The molecule has 128 valence electrons. The highest BCUT2D eigenvalue weighted by Crippen LogP contribution is 2.41. The van der Waals surface area contributed by atoms with E-state index in [-0.39, 0.29) is 0 Å². The van der Waals surface area contributed by atoms with Gasteiger partial charge >= 0.3 is 0 Å². The molecule has 0 amide bonds. The summed E-state index contributed by atoms with van der Waals surface area (Å²) in [6, 6.07) is 6.58. The van der Waals surface area contributed by atoms with Crippen molar-refractivity contribution >= 4 is 22.8 Å². The highest BCUT2D eigenvalue weighted by atomic mass is 32.1. The molecule has 1 unspecified atom stereocenters. The topological polar surface area (TPSA) is 32.3 Å². The van der Waals surface area contributed by atoms with E-state index in [1.807, 2.05) is 0 Å². The van der Waals surface area contributed by atoms with Gasteiger partial charge in [0.2, 0.25) is 0 Å². The van der Waals surface area contributed by atoms with Crippen LogP contribution in [0.15, 0.2) is 18.2 Å². The van der Waals surface area contributed by atoms with E-state index in [2.05, 4.69) is 36.7 Å².